The van der Waals surface area contributed by atoms with Crippen LogP contribution in [0.4, 0.5) is 0 Å². The Morgan fingerprint density at radius 2 is 2.12 bits per heavy atom. The summed E-state index contributed by atoms with van der Waals surface area (Å²) in [6.07, 6.45) is 6.89. The van der Waals surface area contributed by atoms with Gasteiger partial charge in [-0.25, -0.2) is 0 Å². The smallest absolute Gasteiger partial charge is 0.161 e. The van der Waals surface area contributed by atoms with E-state index < -0.39 is 0 Å². The van der Waals surface area contributed by atoms with Gasteiger partial charge in [0.05, 0.1) is 0 Å². The highest BCUT2D eigenvalue weighted by atomic mass is 16.1. The second-order valence-corrected chi connectivity index (χ2v) is 5.97. The van der Waals surface area contributed by atoms with E-state index in [0.717, 1.165) is 12.0 Å². The van der Waals surface area contributed by atoms with Crippen molar-refractivity contribution in [3.8, 4) is 0 Å². The lowest BCUT2D eigenvalue weighted by atomic mass is 9.72. The van der Waals surface area contributed by atoms with Gasteiger partial charge in [-0.2, -0.15) is 0 Å². The van der Waals surface area contributed by atoms with Crippen LogP contribution in [0.5, 0.6) is 0 Å². The van der Waals surface area contributed by atoms with Crippen molar-refractivity contribution < 1.29 is 4.79 Å². The van der Waals surface area contributed by atoms with Gasteiger partial charge in [-0.3, -0.25) is 4.79 Å². The fourth-order valence-corrected chi connectivity index (χ4v) is 3.18. The summed E-state index contributed by atoms with van der Waals surface area (Å²) >= 11 is 0. The lowest BCUT2D eigenvalue weighted by Crippen LogP contribution is -2.20. The standard InChI is InChI=1S/C15H22O/c1-10(2)14(16)12-8-13-11(3)6-5-7-15(13,4)9-12/h8,10H,5-7,9H2,1-4H3/t15-/m0/s1. The van der Waals surface area contributed by atoms with Gasteiger partial charge in [0.1, 0.15) is 0 Å². The van der Waals surface area contributed by atoms with Crippen LogP contribution in [0.2, 0.25) is 0 Å². The molecule has 0 aromatic heterocycles. The molecule has 0 heterocycles. The minimum absolute atomic E-state index is 0.135. The molecular formula is C15H22O. The molecule has 2 aliphatic carbocycles. The summed E-state index contributed by atoms with van der Waals surface area (Å²) in [6, 6.07) is 0. The number of carbonyl (C=O) groups excluding carboxylic acids is 1. The van der Waals surface area contributed by atoms with Crippen LogP contribution in [-0.4, -0.2) is 5.78 Å². The number of carbonyl (C=O) groups is 1. The molecule has 88 valence electrons. The molecule has 0 aromatic carbocycles. The van der Waals surface area contributed by atoms with Crippen molar-refractivity contribution in [2.75, 3.05) is 0 Å². The van der Waals surface area contributed by atoms with E-state index in [4.69, 9.17) is 0 Å². The van der Waals surface area contributed by atoms with E-state index in [-0.39, 0.29) is 11.3 Å². The van der Waals surface area contributed by atoms with Gasteiger partial charge < -0.3 is 0 Å². The lowest BCUT2D eigenvalue weighted by molar-refractivity contribution is -0.118. The van der Waals surface area contributed by atoms with Gasteiger partial charge in [-0.15, -0.1) is 0 Å². The molecule has 1 nitrogen and oxygen atoms in total. The number of rotatable bonds is 2. The van der Waals surface area contributed by atoms with Crippen molar-refractivity contribution in [1.82, 2.24) is 0 Å². The third-order valence-electron chi connectivity index (χ3n) is 4.13. The predicted molar refractivity (Wildman–Crippen MR) is 67.2 cm³/mol. The van der Waals surface area contributed by atoms with Crippen LogP contribution >= 0.6 is 0 Å². The van der Waals surface area contributed by atoms with E-state index in [1.165, 1.54) is 30.4 Å². The zero-order valence-electron chi connectivity index (χ0n) is 10.9. The SMILES string of the molecule is CC1=C2C=C(C(=O)C(C)C)C[C@]2(C)CCC1. The summed E-state index contributed by atoms with van der Waals surface area (Å²) in [5.41, 5.74) is 4.29. The average molecular weight is 218 g/mol. The zero-order valence-corrected chi connectivity index (χ0v) is 10.9. The fourth-order valence-electron chi connectivity index (χ4n) is 3.18. The fraction of sp³-hybridized carbons (Fsp3) is 0.667. The van der Waals surface area contributed by atoms with Crippen molar-refractivity contribution in [1.29, 1.82) is 0 Å². The van der Waals surface area contributed by atoms with E-state index in [2.05, 4.69) is 19.9 Å². The first-order chi connectivity index (χ1) is 7.44. The molecule has 0 aliphatic heterocycles. The van der Waals surface area contributed by atoms with Crippen molar-refractivity contribution >= 4 is 5.78 Å². The molecule has 1 heteroatoms. The van der Waals surface area contributed by atoms with Crippen LogP contribution in [0.1, 0.15) is 53.4 Å². The minimum Gasteiger partial charge on any atom is -0.294 e. The van der Waals surface area contributed by atoms with E-state index in [1.807, 2.05) is 13.8 Å². The third kappa shape index (κ3) is 1.77. The molecule has 0 radical (unpaired) electrons. The van der Waals surface area contributed by atoms with Crippen LogP contribution in [0, 0.1) is 11.3 Å². The van der Waals surface area contributed by atoms with Gasteiger partial charge in [0.2, 0.25) is 0 Å². The first-order valence-electron chi connectivity index (χ1n) is 6.39. The molecule has 2 rings (SSSR count). The van der Waals surface area contributed by atoms with Crippen LogP contribution in [0.15, 0.2) is 22.8 Å². The molecular weight excluding hydrogens is 196 g/mol. The lowest BCUT2D eigenvalue weighted by Gasteiger charge is -2.32. The number of hydrogen-bond donors (Lipinski definition) is 0. The van der Waals surface area contributed by atoms with Gasteiger partial charge in [0.15, 0.2) is 5.78 Å². The molecule has 0 unspecified atom stereocenters. The molecule has 1 atom stereocenters. The Morgan fingerprint density at radius 1 is 1.44 bits per heavy atom. The summed E-state index contributed by atoms with van der Waals surface area (Å²) in [7, 11) is 0. The average Bonchev–Trinajstić information content (AvgIpc) is 2.56. The van der Waals surface area contributed by atoms with Gasteiger partial charge in [0, 0.05) is 5.92 Å². The second kappa shape index (κ2) is 3.87. The molecule has 16 heavy (non-hydrogen) atoms. The topological polar surface area (TPSA) is 17.1 Å². The maximum Gasteiger partial charge on any atom is 0.161 e. The number of fused-ring (bicyclic) bond motifs is 1. The van der Waals surface area contributed by atoms with Crippen molar-refractivity contribution in [2.24, 2.45) is 11.3 Å². The molecule has 0 bridgehead atoms. The first kappa shape index (κ1) is 11.6. The zero-order chi connectivity index (χ0) is 11.9. The van der Waals surface area contributed by atoms with E-state index in [1.54, 1.807) is 0 Å². The maximum atomic E-state index is 12.0. The normalized spacial score (nSPS) is 29.4. The molecule has 0 saturated carbocycles. The highest BCUT2D eigenvalue weighted by Crippen LogP contribution is 2.50. The monoisotopic (exact) mass is 218 g/mol. The maximum absolute atomic E-state index is 12.0. The molecule has 2 aliphatic rings. The second-order valence-electron chi connectivity index (χ2n) is 5.97. The Bertz CT molecular complexity index is 384. The minimum atomic E-state index is 0.135. The van der Waals surface area contributed by atoms with E-state index >= 15 is 0 Å². The molecule has 0 N–H and O–H groups in total. The summed E-state index contributed by atoms with van der Waals surface area (Å²) in [5.74, 6) is 0.479. The predicted octanol–water partition coefficient (Wildman–Crippen LogP) is 4.05. The molecule has 0 spiro atoms. The molecule has 0 amide bonds. The van der Waals surface area contributed by atoms with E-state index in [0.29, 0.717) is 5.78 Å². The van der Waals surface area contributed by atoms with Gasteiger partial charge >= 0.3 is 0 Å². The first-order valence-corrected chi connectivity index (χ1v) is 6.39. The number of Topliss-reactive ketones (excluding diaryl/α,β-unsaturated/α-hetero) is 1. The highest BCUT2D eigenvalue weighted by molar-refractivity contribution is 5.98. The van der Waals surface area contributed by atoms with Crippen LogP contribution in [0.3, 0.4) is 0 Å². The summed E-state index contributed by atoms with van der Waals surface area (Å²) < 4.78 is 0. The summed E-state index contributed by atoms with van der Waals surface area (Å²) in [6.45, 7) is 8.54. The third-order valence-corrected chi connectivity index (χ3v) is 4.13. The Hall–Kier alpha value is -0.850. The Kier molecular flexibility index (Phi) is 2.81. The number of hydrogen-bond acceptors (Lipinski definition) is 1. The summed E-state index contributed by atoms with van der Waals surface area (Å²) in [5, 5.41) is 0. The number of allylic oxidation sites excluding steroid dienone is 4. The van der Waals surface area contributed by atoms with Gasteiger partial charge in [-0.05, 0) is 49.2 Å². The largest absolute Gasteiger partial charge is 0.294 e. The number of ketones is 1. The summed E-state index contributed by atoms with van der Waals surface area (Å²) in [4.78, 5) is 12.0. The van der Waals surface area contributed by atoms with Crippen LogP contribution in [0.25, 0.3) is 0 Å². The van der Waals surface area contributed by atoms with Crippen molar-refractivity contribution in [2.45, 2.75) is 53.4 Å². The molecule has 0 fully saturated rings. The van der Waals surface area contributed by atoms with Gasteiger partial charge in [0.25, 0.3) is 0 Å². The molecule has 0 saturated heterocycles. The molecule has 0 aromatic rings. The van der Waals surface area contributed by atoms with Gasteiger partial charge in [-0.1, -0.05) is 32.4 Å². The highest BCUT2D eigenvalue weighted by Gasteiger charge is 2.39. The van der Waals surface area contributed by atoms with E-state index in [9.17, 15) is 4.79 Å². The Labute approximate surface area is 98.6 Å². The van der Waals surface area contributed by atoms with Crippen LogP contribution < -0.4 is 0 Å². The van der Waals surface area contributed by atoms with Crippen molar-refractivity contribution in [3.63, 3.8) is 0 Å². The van der Waals surface area contributed by atoms with Crippen molar-refractivity contribution in [3.05, 3.63) is 22.8 Å². The Balaban J connectivity index is 2.34. The Morgan fingerprint density at radius 3 is 2.69 bits per heavy atom. The van der Waals surface area contributed by atoms with Crippen LogP contribution in [-0.2, 0) is 4.79 Å². The quantitative estimate of drug-likeness (QED) is 0.683.